The van der Waals surface area contributed by atoms with E-state index in [1.165, 1.54) is 12.1 Å². The molecule has 9 heteroatoms. The molecule has 2 aromatic carbocycles. The topological polar surface area (TPSA) is 78.9 Å². The molecule has 0 aliphatic heterocycles. The monoisotopic (exact) mass is 415 g/mol. The molecular formula is C20H12F3N3O2S. The summed E-state index contributed by atoms with van der Waals surface area (Å²) in [6.07, 6.45) is -4.46. The molecule has 0 saturated carbocycles. The molecule has 4 rings (SSSR count). The van der Waals surface area contributed by atoms with Crippen LogP contribution in [-0.2, 0) is 6.18 Å². The average Bonchev–Trinajstić information content (AvgIpc) is 3.35. The number of hydrogen-bond donors (Lipinski definition) is 2. The number of thiazole rings is 1. The van der Waals surface area contributed by atoms with Crippen molar-refractivity contribution in [2.24, 2.45) is 0 Å². The summed E-state index contributed by atoms with van der Waals surface area (Å²) in [5, 5.41) is 18.4. The standard InChI is InChI=1S/C20H12F3N3O2S/c21-20(22,23)13-8-4-7-12(9-13)14-10-29-18(24-14)17-15(19(27)28)16(25-26-17)11-5-2-1-3-6-11/h1-10H,(H,25,26)(H,27,28). The predicted molar refractivity (Wildman–Crippen MR) is 103 cm³/mol. The molecule has 2 heterocycles. The minimum absolute atomic E-state index is 0.0406. The molecule has 0 bridgehead atoms. The van der Waals surface area contributed by atoms with Gasteiger partial charge in [0.2, 0.25) is 0 Å². The maximum atomic E-state index is 13.0. The van der Waals surface area contributed by atoms with Gasteiger partial charge in [0.25, 0.3) is 0 Å². The number of benzene rings is 2. The summed E-state index contributed by atoms with van der Waals surface area (Å²) >= 11 is 1.12. The fourth-order valence-electron chi connectivity index (χ4n) is 2.89. The van der Waals surface area contributed by atoms with Crippen LogP contribution in [0.15, 0.2) is 60.0 Å². The summed E-state index contributed by atoms with van der Waals surface area (Å²) in [5.74, 6) is -1.18. The van der Waals surface area contributed by atoms with Crippen LogP contribution in [0.2, 0.25) is 0 Å². The van der Waals surface area contributed by atoms with Crippen molar-refractivity contribution in [3.63, 3.8) is 0 Å². The number of nitrogens with zero attached hydrogens (tertiary/aromatic N) is 2. The van der Waals surface area contributed by atoms with E-state index in [2.05, 4.69) is 15.2 Å². The van der Waals surface area contributed by atoms with Crippen LogP contribution in [0.4, 0.5) is 13.2 Å². The highest BCUT2D eigenvalue weighted by atomic mass is 32.1. The molecule has 29 heavy (non-hydrogen) atoms. The Labute approximate surface area is 166 Å². The molecule has 2 N–H and O–H groups in total. The van der Waals surface area contributed by atoms with Crippen molar-refractivity contribution in [3.8, 4) is 33.2 Å². The number of H-pyrrole nitrogens is 1. The average molecular weight is 415 g/mol. The SMILES string of the molecule is O=C(O)c1c(-c2ccccc2)n[nH]c1-c1nc(-c2cccc(C(F)(F)F)c2)cs1. The molecular weight excluding hydrogens is 403 g/mol. The zero-order valence-corrected chi connectivity index (χ0v) is 15.4. The van der Waals surface area contributed by atoms with Gasteiger partial charge in [-0.15, -0.1) is 11.3 Å². The molecule has 0 fully saturated rings. The van der Waals surface area contributed by atoms with E-state index in [1.54, 1.807) is 35.7 Å². The molecule has 0 atom stereocenters. The highest BCUT2D eigenvalue weighted by Crippen LogP contribution is 2.36. The van der Waals surface area contributed by atoms with Gasteiger partial charge in [0.15, 0.2) is 0 Å². The van der Waals surface area contributed by atoms with Crippen LogP contribution in [0.1, 0.15) is 15.9 Å². The number of carboxylic acids is 1. The second-order valence-corrected chi connectivity index (χ2v) is 6.97. The summed E-state index contributed by atoms with van der Waals surface area (Å²) in [4.78, 5) is 16.2. The molecule has 0 radical (unpaired) electrons. The van der Waals surface area contributed by atoms with Gasteiger partial charge >= 0.3 is 12.1 Å². The van der Waals surface area contributed by atoms with Crippen LogP contribution in [-0.4, -0.2) is 26.3 Å². The first-order chi connectivity index (χ1) is 13.8. The van der Waals surface area contributed by atoms with Crippen molar-refractivity contribution < 1.29 is 23.1 Å². The number of halogens is 3. The fourth-order valence-corrected chi connectivity index (χ4v) is 3.71. The van der Waals surface area contributed by atoms with Gasteiger partial charge < -0.3 is 5.11 Å². The number of aromatic amines is 1. The minimum Gasteiger partial charge on any atom is -0.478 e. The van der Waals surface area contributed by atoms with Gasteiger partial charge in [0.05, 0.1) is 11.3 Å². The first-order valence-corrected chi connectivity index (χ1v) is 9.23. The van der Waals surface area contributed by atoms with E-state index in [0.29, 0.717) is 21.8 Å². The van der Waals surface area contributed by atoms with Gasteiger partial charge in [0.1, 0.15) is 22.0 Å². The number of alkyl halides is 3. The number of rotatable bonds is 4. The molecule has 5 nitrogen and oxygen atoms in total. The Bertz CT molecular complexity index is 1180. The molecule has 0 saturated heterocycles. The van der Waals surface area contributed by atoms with Crippen molar-refractivity contribution in [3.05, 3.63) is 71.1 Å². The molecule has 146 valence electrons. The Hall–Kier alpha value is -3.46. The van der Waals surface area contributed by atoms with Crippen LogP contribution in [0, 0.1) is 0 Å². The quantitative estimate of drug-likeness (QED) is 0.456. The third-order valence-electron chi connectivity index (χ3n) is 4.23. The first kappa shape index (κ1) is 18.9. The summed E-state index contributed by atoms with van der Waals surface area (Å²) in [5.41, 5.74) is 0.903. The van der Waals surface area contributed by atoms with Gasteiger partial charge in [-0.2, -0.15) is 18.3 Å². The lowest BCUT2D eigenvalue weighted by atomic mass is 10.1. The second kappa shape index (κ2) is 7.17. The molecule has 0 aliphatic rings. The normalized spacial score (nSPS) is 11.6. The number of nitrogens with one attached hydrogen (secondary N) is 1. The summed E-state index contributed by atoms with van der Waals surface area (Å²) in [7, 11) is 0. The van der Waals surface area contributed by atoms with Crippen molar-refractivity contribution in [2.45, 2.75) is 6.18 Å². The molecule has 0 aliphatic carbocycles. The lowest BCUT2D eigenvalue weighted by molar-refractivity contribution is -0.137. The van der Waals surface area contributed by atoms with E-state index in [9.17, 15) is 23.1 Å². The third-order valence-corrected chi connectivity index (χ3v) is 5.09. The lowest BCUT2D eigenvalue weighted by Crippen LogP contribution is -2.04. The summed E-state index contributed by atoms with van der Waals surface area (Å²) in [6, 6.07) is 13.6. The Kier molecular flexibility index (Phi) is 4.67. The molecule has 0 amide bonds. The van der Waals surface area contributed by atoms with E-state index in [0.717, 1.165) is 23.5 Å². The third kappa shape index (κ3) is 3.64. The van der Waals surface area contributed by atoms with E-state index < -0.39 is 17.7 Å². The van der Waals surface area contributed by atoms with Gasteiger partial charge in [-0.25, -0.2) is 9.78 Å². The van der Waals surface area contributed by atoms with Crippen molar-refractivity contribution >= 4 is 17.3 Å². The van der Waals surface area contributed by atoms with Gasteiger partial charge in [-0.3, -0.25) is 5.10 Å². The van der Waals surface area contributed by atoms with Crippen LogP contribution >= 0.6 is 11.3 Å². The maximum Gasteiger partial charge on any atom is 0.416 e. The largest absolute Gasteiger partial charge is 0.478 e. The summed E-state index contributed by atoms with van der Waals surface area (Å²) < 4.78 is 38.9. The number of aromatic carboxylic acids is 1. The second-order valence-electron chi connectivity index (χ2n) is 6.11. The lowest BCUT2D eigenvalue weighted by Gasteiger charge is -2.07. The van der Waals surface area contributed by atoms with Crippen molar-refractivity contribution in [1.29, 1.82) is 0 Å². The summed E-state index contributed by atoms with van der Waals surface area (Å²) in [6.45, 7) is 0. The Morgan fingerprint density at radius 2 is 1.76 bits per heavy atom. The van der Waals surface area contributed by atoms with E-state index in [1.807, 2.05) is 0 Å². The van der Waals surface area contributed by atoms with Crippen molar-refractivity contribution in [2.75, 3.05) is 0 Å². The van der Waals surface area contributed by atoms with Gasteiger partial charge in [-0.1, -0.05) is 42.5 Å². The van der Waals surface area contributed by atoms with Crippen LogP contribution in [0.3, 0.4) is 0 Å². The number of aromatic nitrogens is 3. The smallest absolute Gasteiger partial charge is 0.416 e. The van der Waals surface area contributed by atoms with E-state index in [-0.39, 0.29) is 17.0 Å². The highest BCUT2D eigenvalue weighted by molar-refractivity contribution is 7.13. The van der Waals surface area contributed by atoms with E-state index >= 15 is 0 Å². The number of carbonyl (C=O) groups is 1. The van der Waals surface area contributed by atoms with Crippen LogP contribution < -0.4 is 0 Å². The predicted octanol–water partition coefficient (Wildman–Crippen LogP) is 5.58. The molecule has 0 spiro atoms. The fraction of sp³-hybridized carbons (Fsp3) is 0.0500. The van der Waals surface area contributed by atoms with Crippen LogP contribution in [0.25, 0.3) is 33.2 Å². The first-order valence-electron chi connectivity index (χ1n) is 8.35. The van der Waals surface area contributed by atoms with Gasteiger partial charge in [-0.05, 0) is 12.1 Å². The van der Waals surface area contributed by atoms with E-state index in [4.69, 9.17) is 0 Å². The highest BCUT2D eigenvalue weighted by Gasteiger charge is 2.30. The van der Waals surface area contributed by atoms with Crippen molar-refractivity contribution in [1.82, 2.24) is 15.2 Å². The number of carboxylic acid groups (broad SMARTS) is 1. The Morgan fingerprint density at radius 3 is 2.45 bits per heavy atom. The Balaban J connectivity index is 1.76. The number of hydrogen-bond acceptors (Lipinski definition) is 4. The molecule has 0 unspecified atom stereocenters. The maximum absolute atomic E-state index is 13.0. The molecule has 4 aromatic rings. The van der Waals surface area contributed by atoms with Gasteiger partial charge in [0, 0.05) is 16.5 Å². The van der Waals surface area contributed by atoms with Crippen LogP contribution in [0.5, 0.6) is 0 Å². The minimum atomic E-state index is -4.46. The zero-order valence-electron chi connectivity index (χ0n) is 14.6. The molecule has 2 aromatic heterocycles. The Morgan fingerprint density at radius 1 is 1.03 bits per heavy atom. The zero-order chi connectivity index (χ0) is 20.6.